The molecule has 0 radical (unpaired) electrons. The van der Waals surface area contributed by atoms with Crippen molar-refractivity contribution >= 4 is 57.6 Å². The number of aromatic nitrogens is 1. The molecule has 0 aliphatic carbocycles. The number of ether oxygens (including phenoxy) is 3. The molecule has 38 heavy (non-hydrogen) atoms. The number of carbonyl (C=O) groups excluding carboxylic acids is 1. The summed E-state index contributed by atoms with van der Waals surface area (Å²) in [5, 5.41) is 12.3. The summed E-state index contributed by atoms with van der Waals surface area (Å²) in [5.74, 6) is -2.75. The van der Waals surface area contributed by atoms with Gasteiger partial charge >= 0.3 is 5.97 Å². The molecule has 2 aromatic carbocycles. The Morgan fingerprint density at radius 1 is 1.21 bits per heavy atom. The number of halogens is 3. The molecule has 1 unspecified atom stereocenters. The first-order valence-corrected chi connectivity index (χ1v) is 12.9. The minimum absolute atomic E-state index is 0.0366. The molecule has 0 bridgehead atoms. The fraction of sp³-hybridized carbons (Fsp3) is 0.269. The summed E-state index contributed by atoms with van der Waals surface area (Å²) in [7, 11) is 4.16. The number of amides is 1. The first kappa shape index (κ1) is 29.4. The standard InChI is InChI=1S/C26H25Cl2FN2O6S/c1-5-7-19(35-2)14-8-6-9-15(21(14)29)22-25(37-4)38-26(30-22)31-23(32)13-10-17(27)16(18(28)11-13)12-20(36-3)24(33)34/h6,8-12,19H,5,7H2,1-4H3,(H,33,34)(H,30,31,32)/b20-12+. The molecule has 0 fully saturated rings. The third-order valence-electron chi connectivity index (χ3n) is 5.52. The zero-order valence-corrected chi connectivity index (χ0v) is 23.3. The molecule has 0 aliphatic rings. The van der Waals surface area contributed by atoms with Crippen LogP contribution in [-0.4, -0.2) is 43.3 Å². The molecule has 0 saturated carbocycles. The predicted octanol–water partition coefficient (Wildman–Crippen LogP) is 7.08. The van der Waals surface area contributed by atoms with E-state index in [1.165, 1.54) is 33.5 Å². The van der Waals surface area contributed by atoms with E-state index in [0.29, 0.717) is 17.0 Å². The lowest BCUT2D eigenvalue weighted by atomic mass is 10.0. The number of hydrogen-bond acceptors (Lipinski definition) is 7. The van der Waals surface area contributed by atoms with Gasteiger partial charge in [0.15, 0.2) is 5.13 Å². The summed E-state index contributed by atoms with van der Waals surface area (Å²) < 4.78 is 31.2. The Bertz CT molecular complexity index is 1350. The molecule has 1 amide bonds. The van der Waals surface area contributed by atoms with Gasteiger partial charge in [-0.25, -0.2) is 14.2 Å². The Balaban J connectivity index is 1.93. The van der Waals surface area contributed by atoms with Gasteiger partial charge < -0.3 is 19.3 Å². The second-order valence-corrected chi connectivity index (χ2v) is 9.68. The van der Waals surface area contributed by atoms with E-state index in [1.54, 1.807) is 18.2 Å². The summed E-state index contributed by atoms with van der Waals surface area (Å²) in [6.45, 7) is 1.99. The van der Waals surface area contributed by atoms with Crippen molar-refractivity contribution in [2.45, 2.75) is 25.9 Å². The van der Waals surface area contributed by atoms with E-state index in [2.05, 4.69) is 10.3 Å². The Hall–Kier alpha value is -3.18. The molecule has 0 spiro atoms. The topological polar surface area (TPSA) is 107 Å². The zero-order valence-electron chi connectivity index (χ0n) is 20.9. The lowest BCUT2D eigenvalue weighted by molar-refractivity contribution is -0.135. The molecule has 0 aliphatic heterocycles. The molecule has 202 valence electrons. The Kier molecular flexibility index (Phi) is 10.1. The summed E-state index contributed by atoms with van der Waals surface area (Å²) in [5.41, 5.74) is 1.12. The number of rotatable bonds is 11. The molecule has 1 heterocycles. The van der Waals surface area contributed by atoms with Crippen molar-refractivity contribution < 1.29 is 33.3 Å². The lowest BCUT2D eigenvalue weighted by Crippen LogP contribution is -2.12. The molecule has 2 N–H and O–H groups in total. The number of nitrogens with zero attached hydrogens (tertiary/aromatic N) is 1. The van der Waals surface area contributed by atoms with Gasteiger partial charge in [0.25, 0.3) is 5.91 Å². The molecule has 1 aromatic heterocycles. The molecule has 12 heteroatoms. The second-order valence-electron chi connectivity index (χ2n) is 7.91. The van der Waals surface area contributed by atoms with Gasteiger partial charge in [-0.3, -0.25) is 10.1 Å². The monoisotopic (exact) mass is 582 g/mol. The number of thiazole rings is 1. The van der Waals surface area contributed by atoms with E-state index >= 15 is 4.39 Å². The number of carbonyl (C=O) groups is 2. The van der Waals surface area contributed by atoms with Crippen LogP contribution in [0.1, 0.15) is 47.4 Å². The van der Waals surface area contributed by atoms with Gasteiger partial charge in [-0.2, -0.15) is 0 Å². The van der Waals surface area contributed by atoms with Crippen molar-refractivity contribution in [2.75, 3.05) is 26.6 Å². The highest BCUT2D eigenvalue weighted by Gasteiger charge is 2.23. The van der Waals surface area contributed by atoms with Crippen LogP contribution in [-0.2, 0) is 14.3 Å². The fourth-order valence-corrected chi connectivity index (χ4v) is 5.06. The Morgan fingerprint density at radius 2 is 1.89 bits per heavy atom. The highest BCUT2D eigenvalue weighted by molar-refractivity contribution is 7.18. The summed E-state index contributed by atoms with van der Waals surface area (Å²) >= 11 is 13.6. The SMILES string of the molecule is CCCC(OC)c1cccc(-c2nc(NC(=O)c3cc(Cl)c(/C=C(/OC)C(=O)O)c(Cl)c3)sc2OC)c1F. The van der Waals surface area contributed by atoms with Crippen molar-refractivity contribution in [1.29, 1.82) is 0 Å². The van der Waals surface area contributed by atoms with Gasteiger partial charge in [0.2, 0.25) is 10.8 Å². The Labute approximate surface area is 233 Å². The quantitative estimate of drug-likeness (QED) is 0.184. The fourth-order valence-electron chi connectivity index (χ4n) is 3.67. The van der Waals surface area contributed by atoms with E-state index in [4.69, 9.17) is 42.5 Å². The van der Waals surface area contributed by atoms with Crippen LogP contribution >= 0.6 is 34.5 Å². The van der Waals surface area contributed by atoms with Gasteiger partial charge in [-0.15, -0.1) is 0 Å². The maximum Gasteiger partial charge on any atom is 0.371 e. The van der Waals surface area contributed by atoms with Crippen molar-refractivity contribution in [3.63, 3.8) is 0 Å². The summed E-state index contributed by atoms with van der Waals surface area (Å²) in [6, 6.07) is 7.63. The molecule has 3 rings (SSSR count). The number of hydrogen-bond donors (Lipinski definition) is 2. The minimum Gasteiger partial charge on any atom is -0.490 e. The Morgan fingerprint density at radius 3 is 2.45 bits per heavy atom. The van der Waals surface area contributed by atoms with Crippen molar-refractivity contribution in [1.82, 2.24) is 4.98 Å². The minimum atomic E-state index is -1.31. The van der Waals surface area contributed by atoms with Gasteiger partial charge in [-0.05, 0) is 30.7 Å². The second kappa shape index (κ2) is 13.1. The number of carboxylic acid groups (broad SMARTS) is 1. The first-order valence-electron chi connectivity index (χ1n) is 11.3. The maximum absolute atomic E-state index is 15.5. The van der Waals surface area contributed by atoms with E-state index < -0.39 is 23.8 Å². The zero-order chi connectivity index (χ0) is 28.0. The van der Waals surface area contributed by atoms with Crippen LogP contribution in [0.3, 0.4) is 0 Å². The van der Waals surface area contributed by atoms with Gasteiger partial charge in [0, 0.05) is 29.4 Å². The highest BCUT2D eigenvalue weighted by atomic mass is 35.5. The van der Waals surface area contributed by atoms with Crippen LogP contribution in [0.15, 0.2) is 36.1 Å². The van der Waals surface area contributed by atoms with Gasteiger partial charge in [-0.1, -0.05) is 60.0 Å². The molecular weight excluding hydrogens is 558 g/mol. The van der Waals surface area contributed by atoms with E-state index in [9.17, 15) is 9.59 Å². The van der Waals surface area contributed by atoms with Crippen LogP contribution in [0.4, 0.5) is 9.52 Å². The average Bonchev–Trinajstić information content (AvgIpc) is 3.29. The number of anilines is 1. The molecule has 8 nitrogen and oxygen atoms in total. The van der Waals surface area contributed by atoms with Crippen LogP contribution in [0.5, 0.6) is 5.06 Å². The number of benzene rings is 2. The smallest absolute Gasteiger partial charge is 0.371 e. The summed E-state index contributed by atoms with van der Waals surface area (Å²) in [4.78, 5) is 28.6. The average molecular weight is 583 g/mol. The maximum atomic E-state index is 15.5. The van der Waals surface area contributed by atoms with Crippen LogP contribution in [0.25, 0.3) is 17.3 Å². The molecule has 0 saturated heterocycles. The van der Waals surface area contributed by atoms with E-state index in [0.717, 1.165) is 23.8 Å². The summed E-state index contributed by atoms with van der Waals surface area (Å²) in [6.07, 6.45) is 2.21. The van der Waals surface area contributed by atoms with Gasteiger partial charge in [0.05, 0.1) is 30.4 Å². The van der Waals surface area contributed by atoms with Crippen LogP contribution < -0.4 is 10.1 Å². The van der Waals surface area contributed by atoms with Crippen molar-refractivity contribution in [2.24, 2.45) is 0 Å². The largest absolute Gasteiger partial charge is 0.490 e. The number of nitrogens with one attached hydrogen (secondary N) is 1. The third kappa shape index (κ3) is 6.44. The number of carboxylic acids is 1. The van der Waals surface area contributed by atoms with Crippen LogP contribution in [0, 0.1) is 5.82 Å². The third-order valence-corrected chi connectivity index (χ3v) is 7.07. The highest BCUT2D eigenvalue weighted by Crippen LogP contribution is 2.41. The predicted molar refractivity (Wildman–Crippen MR) is 146 cm³/mol. The molecule has 1 atom stereocenters. The molecule has 3 aromatic rings. The van der Waals surface area contributed by atoms with E-state index in [1.807, 2.05) is 6.92 Å². The molecular formula is C26H25Cl2FN2O6S. The normalized spacial score (nSPS) is 12.2. The first-order chi connectivity index (χ1) is 18.1. The van der Waals surface area contributed by atoms with Crippen LogP contribution in [0.2, 0.25) is 10.0 Å². The number of methoxy groups -OCH3 is 3. The van der Waals surface area contributed by atoms with Crippen molar-refractivity contribution in [3.8, 4) is 16.3 Å². The van der Waals surface area contributed by atoms with E-state index in [-0.39, 0.29) is 43.3 Å². The van der Waals surface area contributed by atoms with Crippen molar-refractivity contribution in [3.05, 3.63) is 68.6 Å². The van der Waals surface area contributed by atoms with Gasteiger partial charge in [0.1, 0.15) is 11.5 Å². The lowest BCUT2D eigenvalue weighted by Gasteiger charge is -2.17. The number of aliphatic carboxylic acids is 1.